The van der Waals surface area contributed by atoms with Crippen LogP contribution in [0, 0.1) is 5.92 Å². The second-order valence-electron chi connectivity index (χ2n) is 7.25. The van der Waals surface area contributed by atoms with E-state index in [1.54, 1.807) is 24.3 Å². The lowest BCUT2D eigenvalue weighted by Crippen LogP contribution is -2.37. The Morgan fingerprint density at radius 1 is 1.24 bits per heavy atom. The molecule has 2 unspecified atom stereocenters. The first-order valence-electron chi connectivity index (χ1n) is 9.48. The van der Waals surface area contributed by atoms with Crippen LogP contribution in [0.1, 0.15) is 69.7 Å². The lowest BCUT2D eigenvalue weighted by Gasteiger charge is -2.21. The number of rotatable bonds is 7. The Labute approximate surface area is 151 Å². The monoisotopic (exact) mass is 345 g/mol. The fourth-order valence-corrected chi connectivity index (χ4v) is 3.46. The van der Waals surface area contributed by atoms with Gasteiger partial charge in [0, 0.05) is 23.3 Å². The molecule has 0 bridgehead atoms. The molecule has 5 heteroatoms. The number of urea groups is 1. The van der Waals surface area contributed by atoms with Gasteiger partial charge in [-0.05, 0) is 57.2 Å². The molecule has 0 aliphatic heterocycles. The summed E-state index contributed by atoms with van der Waals surface area (Å²) in [6.45, 7) is 6.01. The van der Waals surface area contributed by atoms with Gasteiger partial charge in [0.1, 0.15) is 0 Å². The molecule has 2 atom stereocenters. The molecule has 1 saturated carbocycles. The number of amides is 3. The number of unbranched alkanes of at least 4 members (excludes halogenated alkanes) is 1. The molecule has 0 radical (unpaired) electrons. The topological polar surface area (TPSA) is 70.2 Å². The number of benzene rings is 1. The quantitative estimate of drug-likeness (QED) is 0.689. The zero-order valence-electron chi connectivity index (χ0n) is 15.6. The third-order valence-corrected chi connectivity index (χ3v) is 4.71. The zero-order chi connectivity index (χ0) is 18.2. The molecule has 3 N–H and O–H groups in total. The molecule has 2 rings (SSSR count). The Balaban J connectivity index is 1.95. The van der Waals surface area contributed by atoms with E-state index >= 15 is 0 Å². The lowest BCUT2D eigenvalue weighted by molar-refractivity contribution is 0.0926. The second-order valence-corrected chi connectivity index (χ2v) is 7.25. The van der Waals surface area contributed by atoms with E-state index in [9.17, 15) is 9.59 Å². The molecule has 3 amide bonds. The van der Waals surface area contributed by atoms with Crippen LogP contribution >= 0.6 is 0 Å². The number of nitrogens with one attached hydrogen (secondary N) is 3. The van der Waals surface area contributed by atoms with Gasteiger partial charge in [0.05, 0.1) is 0 Å². The van der Waals surface area contributed by atoms with Gasteiger partial charge in [-0.1, -0.05) is 32.3 Å². The van der Waals surface area contributed by atoms with Crippen LogP contribution in [0.2, 0.25) is 0 Å². The summed E-state index contributed by atoms with van der Waals surface area (Å²) in [4.78, 5) is 24.4. The summed E-state index contributed by atoms with van der Waals surface area (Å²) in [5.41, 5.74) is 1.21. The number of hydrogen-bond acceptors (Lipinski definition) is 2. The predicted molar refractivity (Wildman–Crippen MR) is 102 cm³/mol. The molecule has 1 fully saturated rings. The highest BCUT2D eigenvalue weighted by Gasteiger charge is 2.28. The minimum atomic E-state index is -0.261. The smallest absolute Gasteiger partial charge is 0.319 e. The summed E-state index contributed by atoms with van der Waals surface area (Å²) >= 11 is 0. The highest BCUT2D eigenvalue weighted by Crippen LogP contribution is 2.30. The van der Waals surface area contributed by atoms with Crippen molar-refractivity contribution in [2.75, 3.05) is 5.32 Å². The molecular formula is C20H31N3O2. The summed E-state index contributed by atoms with van der Waals surface area (Å²) in [6.07, 6.45) is 7.08. The van der Waals surface area contributed by atoms with Crippen molar-refractivity contribution in [3.05, 3.63) is 29.8 Å². The third kappa shape index (κ3) is 6.07. The number of anilines is 1. The molecule has 138 valence electrons. The Hall–Kier alpha value is -2.04. The van der Waals surface area contributed by atoms with Crippen molar-refractivity contribution in [3.8, 4) is 0 Å². The van der Waals surface area contributed by atoms with Crippen LogP contribution in [0.4, 0.5) is 10.5 Å². The Bertz CT molecular complexity index is 586. The maximum absolute atomic E-state index is 12.6. The summed E-state index contributed by atoms with van der Waals surface area (Å²) in [5.74, 6) is 0.545. The van der Waals surface area contributed by atoms with Gasteiger partial charge >= 0.3 is 6.03 Å². The molecular weight excluding hydrogens is 314 g/mol. The predicted octanol–water partition coefficient (Wildman–Crippen LogP) is 4.31. The van der Waals surface area contributed by atoms with E-state index in [1.807, 2.05) is 13.8 Å². The van der Waals surface area contributed by atoms with E-state index in [4.69, 9.17) is 0 Å². The standard InChI is InChI=1S/C20H31N3O2/c1-4-5-8-15-9-7-12-18(15)23-19(24)16-10-6-11-17(13-16)22-20(25)21-14(2)3/h6,10-11,13-15,18H,4-5,7-9,12H2,1-3H3,(H,23,24)(H2,21,22,25). The minimum Gasteiger partial charge on any atom is -0.349 e. The average molecular weight is 345 g/mol. The van der Waals surface area contributed by atoms with Gasteiger partial charge in [0.15, 0.2) is 0 Å². The van der Waals surface area contributed by atoms with Crippen molar-refractivity contribution in [2.45, 2.75) is 71.4 Å². The summed E-state index contributed by atoms with van der Waals surface area (Å²) in [5, 5.41) is 8.74. The average Bonchev–Trinajstić information content (AvgIpc) is 2.99. The molecule has 1 aliphatic carbocycles. The van der Waals surface area contributed by atoms with Crippen LogP contribution in [0.5, 0.6) is 0 Å². The maximum Gasteiger partial charge on any atom is 0.319 e. The SMILES string of the molecule is CCCCC1CCCC1NC(=O)c1cccc(NC(=O)NC(C)C)c1. The fourth-order valence-electron chi connectivity index (χ4n) is 3.46. The van der Waals surface area contributed by atoms with Crippen LogP contribution in [0.15, 0.2) is 24.3 Å². The molecule has 0 spiro atoms. The molecule has 25 heavy (non-hydrogen) atoms. The van der Waals surface area contributed by atoms with Gasteiger partial charge in [-0.25, -0.2) is 4.79 Å². The fraction of sp³-hybridized carbons (Fsp3) is 0.600. The van der Waals surface area contributed by atoms with Crippen molar-refractivity contribution in [2.24, 2.45) is 5.92 Å². The summed E-state index contributed by atoms with van der Waals surface area (Å²) < 4.78 is 0. The highest BCUT2D eigenvalue weighted by atomic mass is 16.2. The van der Waals surface area contributed by atoms with Crippen LogP contribution in [-0.4, -0.2) is 24.0 Å². The van der Waals surface area contributed by atoms with E-state index in [-0.39, 0.29) is 24.0 Å². The van der Waals surface area contributed by atoms with Crippen molar-refractivity contribution in [1.82, 2.24) is 10.6 Å². The normalized spacial score (nSPS) is 19.7. The van der Waals surface area contributed by atoms with Crippen molar-refractivity contribution >= 4 is 17.6 Å². The first-order valence-corrected chi connectivity index (χ1v) is 9.48. The maximum atomic E-state index is 12.6. The first kappa shape index (κ1) is 19.3. The van der Waals surface area contributed by atoms with Gasteiger partial charge in [-0.2, -0.15) is 0 Å². The van der Waals surface area contributed by atoms with Gasteiger partial charge in [-0.15, -0.1) is 0 Å². The summed E-state index contributed by atoms with van der Waals surface area (Å²) in [7, 11) is 0. The molecule has 1 aromatic rings. The Kier molecular flexibility index (Phi) is 7.29. The van der Waals surface area contributed by atoms with E-state index in [0.717, 1.165) is 6.42 Å². The third-order valence-electron chi connectivity index (χ3n) is 4.71. The molecule has 1 aromatic carbocycles. The number of carbonyl (C=O) groups excluding carboxylic acids is 2. The minimum absolute atomic E-state index is 0.0543. The zero-order valence-corrected chi connectivity index (χ0v) is 15.6. The molecule has 0 heterocycles. The van der Waals surface area contributed by atoms with Crippen LogP contribution in [0.25, 0.3) is 0 Å². The molecule has 5 nitrogen and oxygen atoms in total. The largest absolute Gasteiger partial charge is 0.349 e. The van der Waals surface area contributed by atoms with E-state index in [2.05, 4.69) is 22.9 Å². The number of carbonyl (C=O) groups is 2. The van der Waals surface area contributed by atoms with Crippen molar-refractivity contribution in [3.63, 3.8) is 0 Å². The molecule has 0 aromatic heterocycles. The number of hydrogen-bond donors (Lipinski definition) is 3. The highest BCUT2D eigenvalue weighted by molar-refractivity contribution is 5.97. The summed E-state index contributed by atoms with van der Waals surface area (Å²) in [6, 6.07) is 7.18. The molecule has 0 saturated heterocycles. The van der Waals surface area contributed by atoms with Crippen molar-refractivity contribution < 1.29 is 9.59 Å². The lowest BCUT2D eigenvalue weighted by atomic mass is 9.96. The first-order chi connectivity index (χ1) is 12.0. The van der Waals surface area contributed by atoms with Crippen LogP contribution in [-0.2, 0) is 0 Å². The van der Waals surface area contributed by atoms with Gasteiger partial charge in [-0.3, -0.25) is 4.79 Å². The van der Waals surface area contributed by atoms with Crippen LogP contribution in [0.3, 0.4) is 0 Å². The van der Waals surface area contributed by atoms with Gasteiger partial charge in [0.2, 0.25) is 0 Å². The second kappa shape index (κ2) is 9.44. The van der Waals surface area contributed by atoms with Gasteiger partial charge in [0.25, 0.3) is 5.91 Å². The van der Waals surface area contributed by atoms with Gasteiger partial charge < -0.3 is 16.0 Å². The van der Waals surface area contributed by atoms with Crippen molar-refractivity contribution in [1.29, 1.82) is 0 Å². The Morgan fingerprint density at radius 2 is 2.04 bits per heavy atom. The molecule has 1 aliphatic rings. The van der Waals surface area contributed by atoms with E-state index in [1.165, 1.54) is 32.1 Å². The van der Waals surface area contributed by atoms with E-state index in [0.29, 0.717) is 17.2 Å². The Morgan fingerprint density at radius 3 is 2.76 bits per heavy atom. The van der Waals surface area contributed by atoms with Crippen LogP contribution < -0.4 is 16.0 Å². The van der Waals surface area contributed by atoms with E-state index < -0.39 is 0 Å².